The van der Waals surface area contributed by atoms with Crippen LogP contribution in [-0.4, -0.2) is 24.8 Å². The molecule has 0 saturated carbocycles. The van der Waals surface area contributed by atoms with Crippen LogP contribution in [0.2, 0.25) is 0 Å². The molecule has 0 aromatic carbocycles. The molecule has 5 unspecified atom stereocenters. The lowest BCUT2D eigenvalue weighted by molar-refractivity contribution is 0.0472. The average molecular weight is 295 g/mol. The highest BCUT2D eigenvalue weighted by atomic mass is 32.1. The van der Waals surface area contributed by atoms with E-state index in [-0.39, 0.29) is 0 Å². The molecule has 1 aromatic heterocycles. The van der Waals surface area contributed by atoms with Crippen molar-refractivity contribution < 1.29 is 4.74 Å². The summed E-state index contributed by atoms with van der Waals surface area (Å²) in [5, 5.41) is 8.23. The Morgan fingerprint density at radius 1 is 1.30 bits per heavy atom. The molecule has 20 heavy (non-hydrogen) atoms. The third-order valence-electron chi connectivity index (χ3n) is 4.76. The molecule has 114 valence electrons. The minimum absolute atomic E-state index is 0.372. The summed E-state index contributed by atoms with van der Waals surface area (Å²) in [7, 11) is 0. The Kier molecular flexibility index (Phi) is 6.06. The van der Waals surface area contributed by atoms with Crippen molar-refractivity contribution in [2.75, 3.05) is 6.54 Å². The minimum Gasteiger partial charge on any atom is -0.375 e. The fraction of sp³-hybridized carbons (Fsp3) is 0.765. The van der Waals surface area contributed by atoms with E-state index >= 15 is 0 Å². The highest BCUT2D eigenvalue weighted by Gasteiger charge is 2.41. The first-order valence-corrected chi connectivity index (χ1v) is 8.97. The summed E-state index contributed by atoms with van der Waals surface area (Å²) < 4.78 is 6.05. The van der Waals surface area contributed by atoms with Gasteiger partial charge in [0.2, 0.25) is 0 Å². The summed E-state index contributed by atoms with van der Waals surface area (Å²) in [5.74, 6) is 1.28. The molecular weight excluding hydrogens is 266 g/mol. The minimum atomic E-state index is 0.372. The van der Waals surface area contributed by atoms with Crippen LogP contribution in [0.5, 0.6) is 0 Å². The summed E-state index contributed by atoms with van der Waals surface area (Å²) >= 11 is 1.80. The van der Waals surface area contributed by atoms with Gasteiger partial charge in [-0.3, -0.25) is 0 Å². The van der Waals surface area contributed by atoms with Crippen LogP contribution in [0.4, 0.5) is 0 Å². The summed E-state index contributed by atoms with van der Waals surface area (Å²) in [6.07, 6.45) is 4.35. The molecule has 1 aliphatic heterocycles. The van der Waals surface area contributed by atoms with Crippen LogP contribution in [-0.2, 0) is 11.2 Å². The number of hydrogen-bond donors (Lipinski definition) is 1. The third kappa shape index (κ3) is 3.84. The number of nitrogens with one attached hydrogen (secondary N) is 1. The second-order valence-corrected chi connectivity index (χ2v) is 6.99. The fourth-order valence-corrected chi connectivity index (χ4v) is 4.21. The molecule has 1 aliphatic rings. The van der Waals surface area contributed by atoms with Crippen LogP contribution < -0.4 is 5.32 Å². The fourth-order valence-electron chi connectivity index (χ4n) is 3.50. The number of hydrogen-bond acceptors (Lipinski definition) is 3. The van der Waals surface area contributed by atoms with Crippen LogP contribution >= 0.6 is 11.3 Å². The summed E-state index contributed by atoms with van der Waals surface area (Å²) in [6.45, 7) is 10.2. The Hall–Kier alpha value is -0.380. The predicted molar refractivity (Wildman–Crippen MR) is 87.4 cm³/mol. The van der Waals surface area contributed by atoms with Crippen molar-refractivity contribution in [2.24, 2.45) is 11.8 Å². The zero-order chi connectivity index (χ0) is 14.5. The molecule has 0 bridgehead atoms. The van der Waals surface area contributed by atoms with E-state index in [2.05, 4.69) is 49.8 Å². The Morgan fingerprint density at radius 2 is 2.10 bits per heavy atom. The number of ether oxygens (including phenoxy) is 1. The maximum atomic E-state index is 6.05. The Morgan fingerprint density at radius 3 is 2.65 bits per heavy atom. The number of thiophene rings is 1. The topological polar surface area (TPSA) is 21.3 Å². The molecular formula is C17H29NOS. The van der Waals surface area contributed by atoms with E-state index < -0.39 is 0 Å². The van der Waals surface area contributed by atoms with Gasteiger partial charge in [0, 0.05) is 12.0 Å². The number of rotatable bonds is 7. The Balaban J connectivity index is 1.98. The number of aryl methyl sites for hydroxylation is 1. The molecule has 1 N–H and O–H groups in total. The van der Waals surface area contributed by atoms with E-state index in [0.29, 0.717) is 30.1 Å². The van der Waals surface area contributed by atoms with Crippen LogP contribution in [0.15, 0.2) is 16.8 Å². The largest absolute Gasteiger partial charge is 0.375 e. The summed E-state index contributed by atoms with van der Waals surface area (Å²) in [4.78, 5) is 0. The zero-order valence-corrected chi connectivity index (χ0v) is 14.1. The van der Waals surface area contributed by atoms with Gasteiger partial charge in [-0.15, -0.1) is 0 Å². The van der Waals surface area contributed by atoms with Crippen LogP contribution in [0.1, 0.15) is 46.1 Å². The first-order valence-electron chi connectivity index (χ1n) is 8.03. The van der Waals surface area contributed by atoms with Gasteiger partial charge in [0.05, 0.1) is 12.2 Å². The van der Waals surface area contributed by atoms with Crippen LogP contribution in [0.3, 0.4) is 0 Å². The van der Waals surface area contributed by atoms with E-state index in [9.17, 15) is 0 Å². The van der Waals surface area contributed by atoms with Gasteiger partial charge in [0.1, 0.15) is 0 Å². The van der Waals surface area contributed by atoms with Crippen molar-refractivity contribution >= 4 is 11.3 Å². The molecule has 5 atom stereocenters. The maximum Gasteiger partial charge on any atom is 0.0597 e. The quantitative estimate of drug-likeness (QED) is 0.817. The molecule has 0 radical (unpaired) electrons. The lowest BCUT2D eigenvalue weighted by Crippen LogP contribution is -2.42. The summed E-state index contributed by atoms with van der Waals surface area (Å²) in [5.41, 5.74) is 1.48. The normalized spacial score (nSPS) is 31.6. The maximum absolute atomic E-state index is 6.05. The van der Waals surface area contributed by atoms with Crippen molar-refractivity contribution in [2.45, 2.75) is 65.2 Å². The van der Waals surface area contributed by atoms with Gasteiger partial charge in [-0.1, -0.05) is 13.8 Å². The Bertz CT molecular complexity index is 378. The SMILES string of the molecule is CCCNC(CCc1ccsc1)C1C(C)OC(C)C1C. The van der Waals surface area contributed by atoms with Gasteiger partial charge in [-0.2, -0.15) is 11.3 Å². The second kappa shape index (κ2) is 7.58. The van der Waals surface area contributed by atoms with Crippen molar-refractivity contribution in [1.29, 1.82) is 0 Å². The van der Waals surface area contributed by atoms with Gasteiger partial charge in [-0.05, 0) is 68.0 Å². The van der Waals surface area contributed by atoms with Gasteiger partial charge >= 0.3 is 0 Å². The van der Waals surface area contributed by atoms with Gasteiger partial charge < -0.3 is 10.1 Å². The van der Waals surface area contributed by atoms with E-state index in [1.807, 2.05) is 0 Å². The lowest BCUT2D eigenvalue weighted by Gasteiger charge is -2.30. The predicted octanol–water partition coefficient (Wildman–Crippen LogP) is 4.11. The zero-order valence-electron chi connectivity index (χ0n) is 13.3. The molecule has 0 amide bonds. The molecule has 1 fully saturated rings. The standard InChI is InChI=1S/C17H29NOS/c1-5-9-18-16(7-6-15-8-10-20-11-15)17-12(2)13(3)19-14(17)4/h8,10-14,16-18H,5-7,9H2,1-4H3. The van der Waals surface area contributed by atoms with Crippen molar-refractivity contribution in [3.8, 4) is 0 Å². The lowest BCUT2D eigenvalue weighted by atomic mass is 9.81. The molecule has 3 heteroatoms. The summed E-state index contributed by atoms with van der Waals surface area (Å²) in [6, 6.07) is 2.83. The monoisotopic (exact) mass is 295 g/mol. The molecule has 1 aromatic rings. The van der Waals surface area contributed by atoms with Gasteiger partial charge in [-0.25, -0.2) is 0 Å². The van der Waals surface area contributed by atoms with E-state index in [1.165, 1.54) is 24.8 Å². The second-order valence-electron chi connectivity index (χ2n) is 6.21. The third-order valence-corrected chi connectivity index (χ3v) is 5.50. The molecule has 2 nitrogen and oxygen atoms in total. The molecule has 2 heterocycles. The van der Waals surface area contributed by atoms with E-state index in [4.69, 9.17) is 4.74 Å². The van der Waals surface area contributed by atoms with Crippen LogP contribution in [0.25, 0.3) is 0 Å². The highest BCUT2D eigenvalue weighted by molar-refractivity contribution is 7.07. The molecule has 1 saturated heterocycles. The van der Waals surface area contributed by atoms with E-state index in [1.54, 1.807) is 11.3 Å². The van der Waals surface area contributed by atoms with Crippen molar-refractivity contribution in [3.63, 3.8) is 0 Å². The Labute approximate surface area is 127 Å². The van der Waals surface area contributed by atoms with Crippen molar-refractivity contribution in [1.82, 2.24) is 5.32 Å². The highest BCUT2D eigenvalue weighted by Crippen LogP contribution is 2.35. The van der Waals surface area contributed by atoms with E-state index in [0.717, 1.165) is 6.54 Å². The smallest absolute Gasteiger partial charge is 0.0597 e. The van der Waals surface area contributed by atoms with Gasteiger partial charge in [0.15, 0.2) is 0 Å². The van der Waals surface area contributed by atoms with Crippen LogP contribution in [0, 0.1) is 11.8 Å². The van der Waals surface area contributed by atoms with Gasteiger partial charge in [0.25, 0.3) is 0 Å². The molecule has 2 rings (SSSR count). The average Bonchev–Trinajstić information content (AvgIpc) is 3.01. The first kappa shape index (κ1) is 16.0. The molecule has 0 aliphatic carbocycles. The first-order chi connectivity index (χ1) is 9.63. The van der Waals surface area contributed by atoms with Crippen molar-refractivity contribution in [3.05, 3.63) is 22.4 Å². The molecule has 0 spiro atoms.